The van der Waals surface area contributed by atoms with Crippen LogP contribution >= 0.6 is 0 Å². The van der Waals surface area contributed by atoms with Gasteiger partial charge in [0.2, 0.25) is 0 Å². The summed E-state index contributed by atoms with van der Waals surface area (Å²) in [5.41, 5.74) is -0.705. The third-order valence-electron chi connectivity index (χ3n) is 3.35. The highest BCUT2D eigenvalue weighted by molar-refractivity contribution is 6.01. The van der Waals surface area contributed by atoms with Crippen LogP contribution in [-0.4, -0.2) is 47.4 Å². The van der Waals surface area contributed by atoms with Crippen LogP contribution in [0.25, 0.3) is 0 Å². The van der Waals surface area contributed by atoms with Crippen molar-refractivity contribution in [1.82, 2.24) is 10.2 Å². The zero-order chi connectivity index (χ0) is 16.2. The molecule has 6 nitrogen and oxygen atoms in total. The predicted octanol–water partition coefficient (Wildman–Crippen LogP) is 1.37. The quantitative estimate of drug-likeness (QED) is 0.858. The van der Waals surface area contributed by atoms with Crippen LogP contribution in [-0.2, 0) is 4.79 Å². The Morgan fingerprint density at radius 2 is 1.81 bits per heavy atom. The number of benzene rings is 1. The average molecular weight is 292 g/mol. The summed E-state index contributed by atoms with van der Waals surface area (Å²) in [6.07, 6.45) is 0.254. The third-order valence-corrected chi connectivity index (χ3v) is 3.35. The first-order valence-corrected chi connectivity index (χ1v) is 6.59. The number of nitrogens with zero attached hydrogens (tertiary/aromatic N) is 1. The van der Waals surface area contributed by atoms with Crippen molar-refractivity contribution in [3.63, 3.8) is 0 Å². The van der Waals surface area contributed by atoms with Gasteiger partial charge in [0.05, 0.1) is 0 Å². The number of hydrogen-bond acceptors (Lipinski definition) is 3. The molecule has 0 fully saturated rings. The fraction of sp³-hybridized carbons (Fsp3) is 0.400. The Morgan fingerprint density at radius 1 is 1.24 bits per heavy atom. The topological polar surface area (TPSA) is 86.7 Å². The molecule has 1 unspecified atom stereocenters. The molecular formula is C15H20N2O4. The van der Waals surface area contributed by atoms with Gasteiger partial charge in [0, 0.05) is 25.2 Å². The van der Waals surface area contributed by atoms with Gasteiger partial charge < -0.3 is 15.3 Å². The fourth-order valence-electron chi connectivity index (χ4n) is 1.67. The number of carbonyl (C=O) groups excluding carboxylic acids is 2. The largest absolute Gasteiger partial charge is 0.480 e. The van der Waals surface area contributed by atoms with Crippen LogP contribution in [0.4, 0.5) is 0 Å². The van der Waals surface area contributed by atoms with E-state index in [0.29, 0.717) is 5.56 Å². The Kier molecular flexibility index (Phi) is 5.07. The number of rotatable bonds is 5. The molecule has 0 aliphatic carbocycles. The van der Waals surface area contributed by atoms with Crippen molar-refractivity contribution in [2.75, 3.05) is 14.1 Å². The number of carboxylic acid groups (broad SMARTS) is 1. The Morgan fingerprint density at radius 3 is 2.29 bits per heavy atom. The van der Waals surface area contributed by atoms with Crippen LogP contribution in [0.3, 0.4) is 0 Å². The van der Waals surface area contributed by atoms with E-state index in [1.807, 2.05) is 0 Å². The molecule has 0 saturated heterocycles. The van der Waals surface area contributed by atoms with Crippen LogP contribution in [0.5, 0.6) is 0 Å². The van der Waals surface area contributed by atoms with Crippen molar-refractivity contribution in [3.8, 4) is 0 Å². The van der Waals surface area contributed by atoms with E-state index >= 15 is 0 Å². The summed E-state index contributed by atoms with van der Waals surface area (Å²) in [6, 6.07) is 6.19. The minimum absolute atomic E-state index is 0.221. The second-order valence-corrected chi connectivity index (χ2v) is 5.23. The van der Waals surface area contributed by atoms with Gasteiger partial charge in [-0.2, -0.15) is 0 Å². The first kappa shape index (κ1) is 16.7. The number of carboxylic acids is 1. The zero-order valence-corrected chi connectivity index (χ0v) is 12.6. The second-order valence-electron chi connectivity index (χ2n) is 5.23. The molecule has 0 heterocycles. The van der Waals surface area contributed by atoms with Crippen molar-refractivity contribution >= 4 is 17.8 Å². The van der Waals surface area contributed by atoms with E-state index in [-0.39, 0.29) is 17.9 Å². The lowest BCUT2D eigenvalue weighted by molar-refractivity contribution is -0.143. The molecule has 2 N–H and O–H groups in total. The van der Waals surface area contributed by atoms with Gasteiger partial charge in [-0.05, 0) is 31.5 Å². The molecule has 1 aromatic rings. The highest BCUT2D eigenvalue weighted by Crippen LogP contribution is 2.13. The Bertz CT molecular complexity index is 569. The van der Waals surface area contributed by atoms with E-state index in [2.05, 4.69) is 5.32 Å². The van der Waals surface area contributed by atoms with Crippen molar-refractivity contribution in [3.05, 3.63) is 35.4 Å². The maximum atomic E-state index is 12.2. The van der Waals surface area contributed by atoms with Gasteiger partial charge in [-0.15, -0.1) is 0 Å². The third kappa shape index (κ3) is 3.81. The summed E-state index contributed by atoms with van der Waals surface area (Å²) in [5, 5.41) is 11.7. The van der Waals surface area contributed by atoms with E-state index in [1.54, 1.807) is 39.2 Å². The lowest BCUT2D eigenvalue weighted by Crippen LogP contribution is -2.51. The van der Waals surface area contributed by atoms with Gasteiger partial charge in [0.25, 0.3) is 11.8 Å². The van der Waals surface area contributed by atoms with E-state index in [4.69, 9.17) is 5.11 Å². The average Bonchev–Trinajstić information content (AvgIpc) is 2.45. The molecule has 1 atom stereocenters. The highest BCUT2D eigenvalue weighted by atomic mass is 16.4. The van der Waals surface area contributed by atoms with Crippen molar-refractivity contribution in [2.24, 2.45) is 0 Å². The highest BCUT2D eigenvalue weighted by Gasteiger charge is 2.33. The summed E-state index contributed by atoms with van der Waals surface area (Å²) < 4.78 is 0. The van der Waals surface area contributed by atoms with E-state index < -0.39 is 17.4 Å². The Balaban J connectivity index is 3.01. The van der Waals surface area contributed by atoms with Crippen molar-refractivity contribution in [2.45, 2.75) is 25.8 Å². The Hall–Kier alpha value is -2.37. The van der Waals surface area contributed by atoms with Crippen LogP contribution < -0.4 is 5.32 Å². The molecule has 0 saturated carbocycles. The van der Waals surface area contributed by atoms with Crippen molar-refractivity contribution in [1.29, 1.82) is 0 Å². The van der Waals surface area contributed by atoms with Crippen LogP contribution in [0.1, 0.15) is 41.0 Å². The van der Waals surface area contributed by atoms with Crippen molar-refractivity contribution < 1.29 is 19.5 Å². The SMILES string of the molecule is CCC(C)(NC(=O)c1cccc(C(=O)N(C)C)c1)C(=O)O. The molecule has 0 aliphatic rings. The van der Waals surface area contributed by atoms with E-state index in [1.165, 1.54) is 17.9 Å². The molecule has 1 rings (SSSR count). The zero-order valence-electron chi connectivity index (χ0n) is 12.6. The van der Waals surface area contributed by atoms with Gasteiger partial charge >= 0.3 is 5.97 Å². The molecule has 21 heavy (non-hydrogen) atoms. The van der Waals surface area contributed by atoms with Gasteiger partial charge in [-0.25, -0.2) is 4.79 Å². The minimum atomic E-state index is -1.33. The van der Waals surface area contributed by atoms with Crippen LogP contribution in [0.15, 0.2) is 24.3 Å². The molecule has 6 heteroatoms. The van der Waals surface area contributed by atoms with Gasteiger partial charge in [0.15, 0.2) is 0 Å². The van der Waals surface area contributed by atoms with Gasteiger partial charge in [-0.3, -0.25) is 9.59 Å². The molecule has 2 amide bonds. The first-order chi connectivity index (χ1) is 9.71. The lowest BCUT2D eigenvalue weighted by Gasteiger charge is -2.24. The van der Waals surface area contributed by atoms with E-state index in [0.717, 1.165) is 0 Å². The molecule has 0 bridgehead atoms. The first-order valence-electron chi connectivity index (χ1n) is 6.59. The molecule has 0 aliphatic heterocycles. The summed E-state index contributed by atoms with van der Waals surface area (Å²) in [7, 11) is 3.24. The standard InChI is InChI=1S/C15H20N2O4/c1-5-15(2,14(20)21)16-12(18)10-7-6-8-11(9-10)13(19)17(3)4/h6-9H,5H2,1-4H3,(H,16,18)(H,20,21). The number of amides is 2. The van der Waals surface area contributed by atoms with Gasteiger partial charge in [-0.1, -0.05) is 13.0 Å². The molecular weight excluding hydrogens is 272 g/mol. The Labute approximate surface area is 123 Å². The minimum Gasteiger partial charge on any atom is -0.480 e. The maximum absolute atomic E-state index is 12.2. The smallest absolute Gasteiger partial charge is 0.329 e. The molecule has 0 spiro atoms. The molecule has 0 aromatic heterocycles. The normalized spacial score (nSPS) is 13.1. The lowest BCUT2D eigenvalue weighted by atomic mass is 9.98. The summed E-state index contributed by atoms with van der Waals surface area (Å²) in [5.74, 6) is -1.84. The number of aliphatic carboxylic acids is 1. The van der Waals surface area contributed by atoms with Crippen LogP contribution in [0, 0.1) is 0 Å². The predicted molar refractivity (Wildman–Crippen MR) is 78.3 cm³/mol. The second kappa shape index (κ2) is 6.39. The number of carbonyl (C=O) groups is 3. The molecule has 0 radical (unpaired) electrons. The molecule has 1 aromatic carbocycles. The monoisotopic (exact) mass is 292 g/mol. The molecule has 114 valence electrons. The van der Waals surface area contributed by atoms with Crippen LogP contribution in [0.2, 0.25) is 0 Å². The number of nitrogens with one attached hydrogen (secondary N) is 1. The summed E-state index contributed by atoms with van der Waals surface area (Å²) in [6.45, 7) is 3.13. The maximum Gasteiger partial charge on any atom is 0.329 e. The fourth-order valence-corrected chi connectivity index (χ4v) is 1.67. The number of hydrogen-bond donors (Lipinski definition) is 2. The summed E-state index contributed by atoms with van der Waals surface area (Å²) in [4.78, 5) is 36.7. The van der Waals surface area contributed by atoms with E-state index in [9.17, 15) is 14.4 Å². The van der Waals surface area contributed by atoms with Gasteiger partial charge in [0.1, 0.15) is 5.54 Å². The summed E-state index contributed by atoms with van der Waals surface area (Å²) >= 11 is 0.